The Hall–Kier alpha value is 0.110. The number of piperidine rings is 1. The third-order valence-corrected chi connectivity index (χ3v) is 7.09. The average molecular weight is 344 g/mol. The highest BCUT2D eigenvalue weighted by atomic mass is 35.5. The zero-order chi connectivity index (χ0) is 15.0. The van der Waals surface area contributed by atoms with Gasteiger partial charge in [-0.2, -0.15) is 11.8 Å². The number of benzene rings is 1. The normalized spacial score (nSPS) is 32.6. The lowest BCUT2D eigenvalue weighted by Gasteiger charge is -2.43. The van der Waals surface area contributed by atoms with Crippen molar-refractivity contribution in [2.45, 2.75) is 44.2 Å². The SMILES string of the molecule is CCSC[C@@H]1[C@@H](c2ccc(Cl)c(Cl)c2)CC2CC[C@H]1N2C. The van der Waals surface area contributed by atoms with E-state index in [0.717, 1.165) is 18.0 Å². The molecule has 4 heteroatoms. The summed E-state index contributed by atoms with van der Waals surface area (Å²) in [4.78, 5) is 2.63. The number of nitrogens with zero attached hydrogens (tertiary/aromatic N) is 1. The quantitative estimate of drug-likeness (QED) is 0.728. The molecule has 2 bridgehead atoms. The highest BCUT2D eigenvalue weighted by Crippen LogP contribution is 2.47. The molecule has 0 aromatic heterocycles. The zero-order valence-electron chi connectivity index (χ0n) is 12.7. The van der Waals surface area contributed by atoms with E-state index in [-0.39, 0.29) is 0 Å². The van der Waals surface area contributed by atoms with Gasteiger partial charge < -0.3 is 4.90 Å². The van der Waals surface area contributed by atoms with Crippen LogP contribution >= 0.6 is 35.0 Å². The Kier molecular flexibility index (Phi) is 5.10. The molecule has 1 nitrogen and oxygen atoms in total. The lowest BCUT2D eigenvalue weighted by Crippen LogP contribution is -2.46. The fourth-order valence-electron chi connectivity index (χ4n) is 4.18. The number of fused-ring (bicyclic) bond motifs is 2. The Balaban J connectivity index is 1.88. The van der Waals surface area contributed by atoms with Crippen molar-refractivity contribution >= 4 is 35.0 Å². The van der Waals surface area contributed by atoms with Crippen LogP contribution in [-0.2, 0) is 0 Å². The minimum atomic E-state index is 0.632. The highest BCUT2D eigenvalue weighted by Gasteiger charge is 2.45. The second-order valence-electron chi connectivity index (χ2n) is 6.30. The van der Waals surface area contributed by atoms with Crippen LogP contribution in [0.4, 0.5) is 0 Å². The summed E-state index contributed by atoms with van der Waals surface area (Å²) in [5.74, 6) is 3.82. The molecule has 0 saturated carbocycles. The second kappa shape index (κ2) is 6.70. The first kappa shape index (κ1) is 16.0. The van der Waals surface area contributed by atoms with Gasteiger partial charge in [-0.05, 0) is 67.3 Å². The number of rotatable bonds is 4. The molecule has 0 amide bonds. The smallest absolute Gasteiger partial charge is 0.0595 e. The second-order valence-corrected chi connectivity index (χ2v) is 8.44. The van der Waals surface area contributed by atoms with Crippen LogP contribution in [0.5, 0.6) is 0 Å². The van der Waals surface area contributed by atoms with Crippen LogP contribution in [0.25, 0.3) is 0 Å². The summed E-state index contributed by atoms with van der Waals surface area (Å²) in [5, 5.41) is 1.36. The number of halogens is 2. The standard InChI is InChI=1S/C17H23Cl2NS/c1-3-21-10-14-13(9-12-5-7-17(14)20(12)2)11-4-6-15(18)16(19)8-11/h4,6,8,12-14,17H,3,5,7,9-10H2,1-2H3/t12?,13-,14-,17-/m1/s1. The Bertz CT molecular complexity index is 508. The van der Waals surface area contributed by atoms with Gasteiger partial charge in [0.15, 0.2) is 0 Å². The lowest BCUT2D eigenvalue weighted by molar-refractivity contribution is 0.112. The topological polar surface area (TPSA) is 3.24 Å². The van der Waals surface area contributed by atoms with E-state index in [1.165, 1.54) is 36.3 Å². The minimum absolute atomic E-state index is 0.632. The Labute approximate surface area is 142 Å². The summed E-state index contributed by atoms with van der Waals surface area (Å²) in [6, 6.07) is 7.74. The molecule has 116 valence electrons. The molecule has 4 atom stereocenters. The molecule has 0 spiro atoms. The molecule has 1 aromatic carbocycles. The monoisotopic (exact) mass is 343 g/mol. The van der Waals surface area contributed by atoms with Gasteiger partial charge in [0.1, 0.15) is 0 Å². The maximum atomic E-state index is 6.25. The van der Waals surface area contributed by atoms with Crippen molar-refractivity contribution in [1.82, 2.24) is 4.90 Å². The fraction of sp³-hybridized carbons (Fsp3) is 0.647. The lowest BCUT2D eigenvalue weighted by atomic mass is 9.77. The minimum Gasteiger partial charge on any atom is -0.300 e. The predicted molar refractivity (Wildman–Crippen MR) is 94.9 cm³/mol. The van der Waals surface area contributed by atoms with Crippen molar-refractivity contribution in [3.05, 3.63) is 33.8 Å². The number of thioether (sulfide) groups is 1. The van der Waals surface area contributed by atoms with Crippen LogP contribution in [0.1, 0.15) is 37.7 Å². The van der Waals surface area contributed by atoms with Crippen LogP contribution in [0.2, 0.25) is 10.0 Å². The van der Waals surface area contributed by atoms with Crippen LogP contribution < -0.4 is 0 Å². The highest BCUT2D eigenvalue weighted by molar-refractivity contribution is 7.99. The van der Waals surface area contributed by atoms with Gasteiger partial charge in [0, 0.05) is 12.1 Å². The van der Waals surface area contributed by atoms with Gasteiger partial charge in [0.25, 0.3) is 0 Å². The molecule has 1 unspecified atom stereocenters. The molecule has 0 aliphatic carbocycles. The van der Waals surface area contributed by atoms with Crippen molar-refractivity contribution in [3.63, 3.8) is 0 Å². The summed E-state index contributed by atoms with van der Waals surface area (Å²) in [6.45, 7) is 2.25. The third kappa shape index (κ3) is 3.10. The van der Waals surface area contributed by atoms with Gasteiger partial charge in [-0.15, -0.1) is 0 Å². The number of hydrogen-bond donors (Lipinski definition) is 0. The van der Waals surface area contributed by atoms with E-state index in [9.17, 15) is 0 Å². The molecule has 0 radical (unpaired) electrons. The van der Waals surface area contributed by atoms with E-state index < -0.39 is 0 Å². The molecular formula is C17H23Cl2NS. The molecule has 2 aliphatic heterocycles. The molecule has 2 fully saturated rings. The van der Waals surface area contributed by atoms with E-state index in [2.05, 4.69) is 42.8 Å². The molecule has 2 saturated heterocycles. The van der Waals surface area contributed by atoms with Crippen molar-refractivity contribution in [2.75, 3.05) is 18.6 Å². The predicted octanol–water partition coefficient (Wildman–Crippen LogP) is 5.31. The summed E-state index contributed by atoms with van der Waals surface area (Å²) in [7, 11) is 2.32. The first-order valence-corrected chi connectivity index (χ1v) is 9.77. The van der Waals surface area contributed by atoms with Crippen LogP contribution in [0, 0.1) is 5.92 Å². The van der Waals surface area contributed by atoms with Crippen molar-refractivity contribution < 1.29 is 0 Å². The first-order valence-electron chi connectivity index (χ1n) is 7.86. The van der Waals surface area contributed by atoms with Gasteiger partial charge in [0.2, 0.25) is 0 Å². The Morgan fingerprint density at radius 2 is 2.05 bits per heavy atom. The fourth-order valence-corrected chi connectivity index (χ4v) is 5.45. The molecule has 3 rings (SSSR count). The van der Waals surface area contributed by atoms with E-state index in [0.29, 0.717) is 16.0 Å². The van der Waals surface area contributed by atoms with Gasteiger partial charge in [-0.1, -0.05) is 36.2 Å². The van der Waals surface area contributed by atoms with Crippen molar-refractivity contribution in [3.8, 4) is 0 Å². The van der Waals surface area contributed by atoms with Gasteiger partial charge in [0.05, 0.1) is 10.0 Å². The van der Waals surface area contributed by atoms with Gasteiger partial charge in [-0.3, -0.25) is 0 Å². The van der Waals surface area contributed by atoms with E-state index >= 15 is 0 Å². The first-order chi connectivity index (χ1) is 10.1. The largest absolute Gasteiger partial charge is 0.300 e. The van der Waals surface area contributed by atoms with E-state index in [1.54, 1.807) is 0 Å². The summed E-state index contributed by atoms with van der Waals surface area (Å²) in [5.41, 5.74) is 1.39. The van der Waals surface area contributed by atoms with Gasteiger partial charge >= 0.3 is 0 Å². The summed E-state index contributed by atoms with van der Waals surface area (Å²) in [6.07, 6.45) is 3.97. The molecule has 1 aromatic rings. The average Bonchev–Trinajstić information content (AvgIpc) is 2.72. The number of hydrogen-bond acceptors (Lipinski definition) is 2. The van der Waals surface area contributed by atoms with E-state index in [1.807, 2.05) is 6.07 Å². The van der Waals surface area contributed by atoms with Crippen LogP contribution in [0.3, 0.4) is 0 Å². The Morgan fingerprint density at radius 1 is 1.24 bits per heavy atom. The van der Waals surface area contributed by atoms with Crippen molar-refractivity contribution in [2.24, 2.45) is 5.92 Å². The van der Waals surface area contributed by atoms with Gasteiger partial charge in [-0.25, -0.2) is 0 Å². The molecular weight excluding hydrogens is 321 g/mol. The zero-order valence-corrected chi connectivity index (χ0v) is 15.0. The Morgan fingerprint density at radius 3 is 2.76 bits per heavy atom. The molecule has 2 heterocycles. The maximum absolute atomic E-state index is 6.25. The van der Waals surface area contributed by atoms with E-state index in [4.69, 9.17) is 23.2 Å². The third-order valence-electron chi connectivity index (χ3n) is 5.32. The maximum Gasteiger partial charge on any atom is 0.0595 e. The molecule has 21 heavy (non-hydrogen) atoms. The van der Waals surface area contributed by atoms with Crippen LogP contribution in [-0.4, -0.2) is 35.5 Å². The summed E-state index contributed by atoms with van der Waals surface area (Å²) < 4.78 is 0. The molecule has 2 aliphatic rings. The summed E-state index contributed by atoms with van der Waals surface area (Å²) >= 11 is 14.4. The molecule has 0 N–H and O–H groups in total. The van der Waals surface area contributed by atoms with Crippen LogP contribution in [0.15, 0.2) is 18.2 Å². The van der Waals surface area contributed by atoms with Crippen molar-refractivity contribution in [1.29, 1.82) is 0 Å².